The van der Waals surface area contributed by atoms with Crippen LogP contribution in [0.15, 0.2) is 29.1 Å². The molecule has 1 amide bonds. The second-order valence-corrected chi connectivity index (χ2v) is 8.30. The molecule has 6 heteroatoms. The van der Waals surface area contributed by atoms with Crippen LogP contribution in [0, 0.1) is 13.8 Å². The van der Waals surface area contributed by atoms with E-state index < -0.39 is 0 Å². The molecule has 0 bridgehead atoms. The molecule has 6 nitrogen and oxygen atoms in total. The molecule has 0 aliphatic carbocycles. The average Bonchev–Trinajstić information content (AvgIpc) is 2.75. The van der Waals surface area contributed by atoms with Crippen molar-refractivity contribution in [1.82, 2.24) is 10.3 Å². The Morgan fingerprint density at radius 2 is 1.97 bits per heavy atom. The molecule has 2 heterocycles. The van der Waals surface area contributed by atoms with E-state index in [1.54, 1.807) is 0 Å². The Morgan fingerprint density at radius 3 is 2.65 bits per heavy atom. The Bertz CT molecular complexity index is 961. The van der Waals surface area contributed by atoms with Gasteiger partial charge in [-0.15, -0.1) is 0 Å². The Balaban J connectivity index is 1.80. The van der Waals surface area contributed by atoms with Crippen molar-refractivity contribution in [3.8, 4) is 0 Å². The van der Waals surface area contributed by atoms with Crippen LogP contribution in [0.25, 0.3) is 0 Å². The van der Waals surface area contributed by atoms with E-state index in [2.05, 4.69) is 35.1 Å². The molecule has 1 aromatic carbocycles. The van der Waals surface area contributed by atoms with Gasteiger partial charge in [0.05, 0.1) is 0 Å². The molecule has 0 unspecified atom stereocenters. The van der Waals surface area contributed by atoms with Crippen LogP contribution in [0.1, 0.15) is 65.9 Å². The summed E-state index contributed by atoms with van der Waals surface area (Å²) in [6.07, 6.45) is 3.77. The monoisotopic (exact) mass is 425 g/mol. The SMILES string of the molecule is CCCc1cc(C)[nH]c(=O)c1CNC(=O)c1cccc(N(CC)C2CCOCC2)c1C. The smallest absolute Gasteiger partial charge is 0.253 e. The van der Waals surface area contributed by atoms with Gasteiger partial charge in [0.2, 0.25) is 0 Å². The molecule has 31 heavy (non-hydrogen) atoms. The Labute approximate surface area is 185 Å². The zero-order valence-corrected chi connectivity index (χ0v) is 19.2. The predicted octanol–water partition coefficient (Wildman–Crippen LogP) is 3.88. The third-order valence-corrected chi connectivity index (χ3v) is 6.14. The van der Waals surface area contributed by atoms with Gasteiger partial charge in [-0.05, 0) is 69.4 Å². The molecule has 0 radical (unpaired) electrons. The lowest BCUT2D eigenvalue weighted by Crippen LogP contribution is -2.40. The van der Waals surface area contributed by atoms with Gasteiger partial charge in [0.1, 0.15) is 0 Å². The van der Waals surface area contributed by atoms with Gasteiger partial charge in [-0.3, -0.25) is 9.59 Å². The molecule has 1 saturated heterocycles. The van der Waals surface area contributed by atoms with Gasteiger partial charge in [0, 0.05) is 54.9 Å². The Hall–Kier alpha value is -2.60. The number of pyridine rings is 1. The number of amides is 1. The van der Waals surface area contributed by atoms with E-state index in [9.17, 15) is 9.59 Å². The van der Waals surface area contributed by atoms with Crippen molar-refractivity contribution in [2.75, 3.05) is 24.7 Å². The van der Waals surface area contributed by atoms with Crippen molar-refractivity contribution >= 4 is 11.6 Å². The quantitative estimate of drug-likeness (QED) is 0.673. The topological polar surface area (TPSA) is 74.4 Å². The molecule has 0 spiro atoms. The lowest BCUT2D eigenvalue weighted by atomic mass is 10.0. The Morgan fingerprint density at radius 1 is 1.23 bits per heavy atom. The maximum Gasteiger partial charge on any atom is 0.253 e. The lowest BCUT2D eigenvalue weighted by molar-refractivity contribution is 0.0846. The largest absolute Gasteiger partial charge is 0.381 e. The second-order valence-electron chi connectivity index (χ2n) is 8.30. The summed E-state index contributed by atoms with van der Waals surface area (Å²) < 4.78 is 5.52. The molecule has 1 aliphatic rings. The second kappa shape index (κ2) is 10.6. The van der Waals surface area contributed by atoms with Crippen LogP contribution in [0.3, 0.4) is 0 Å². The van der Waals surface area contributed by atoms with E-state index in [-0.39, 0.29) is 18.0 Å². The van der Waals surface area contributed by atoms with Crippen LogP contribution < -0.4 is 15.8 Å². The average molecular weight is 426 g/mol. The molecule has 1 aliphatic heterocycles. The van der Waals surface area contributed by atoms with Gasteiger partial charge >= 0.3 is 0 Å². The van der Waals surface area contributed by atoms with E-state index >= 15 is 0 Å². The van der Waals surface area contributed by atoms with Gasteiger partial charge in [0.15, 0.2) is 0 Å². The number of benzene rings is 1. The van der Waals surface area contributed by atoms with Crippen LogP contribution in [-0.4, -0.2) is 36.7 Å². The molecule has 2 aromatic rings. The summed E-state index contributed by atoms with van der Waals surface area (Å²) in [6, 6.07) is 8.33. The number of hydrogen-bond donors (Lipinski definition) is 2. The van der Waals surface area contributed by atoms with Gasteiger partial charge in [-0.2, -0.15) is 0 Å². The summed E-state index contributed by atoms with van der Waals surface area (Å²) in [5.74, 6) is -0.148. The summed E-state index contributed by atoms with van der Waals surface area (Å²) in [4.78, 5) is 30.8. The number of ether oxygens (including phenoxy) is 1. The first-order chi connectivity index (χ1) is 15.0. The van der Waals surface area contributed by atoms with E-state index in [1.165, 1.54) is 0 Å². The number of carbonyl (C=O) groups excluding carboxylic acids is 1. The highest BCUT2D eigenvalue weighted by molar-refractivity contribution is 5.97. The molecule has 3 rings (SSSR count). The predicted molar refractivity (Wildman–Crippen MR) is 125 cm³/mol. The number of aryl methyl sites for hydroxylation is 2. The summed E-state index contributed by atoms with van der Waals surface area (Å²) in [5.41, 5.74) is 5.11. The van der Waals surface area contributed by atoms with Crippen molar-refractivity contribution in [2.45, 2.75) is 66.0 Å². The minimum atomic E-state index is -0.148. The summed E-state index contributed by atoms with van der Waals surface area (Å²) in [7, 11) is 0. The molecule has 0 saturated carbocycles. The number of H-pyrrole nitrogens is 1. The van der Waals surface area contributed by atoms with Crippen LogP contribution in [0.4, 0.5) is 5.69 Å². The van der Waals surface area contributed by atoms with Gasteiger partial charge < -0.3 is 19.9 Å². The molecule has 1 aromatic heterocycles. The lowest BCUT2D eigenvalue weighted by Gasteiger charge is -2.36. The number of aromatic amines is 1. The summed E-state index contributed by atoms with van der Waals surface area (Å²) in [5, 5.41) is 2.98. The maximum absolute atomic E-state index is 13.1. The van der Waals surface area contributed by atoms with Crippen molar-refractivity contribution in [3.63, 3.8) is 0 Å². The third kappa shape index (κ3) is 5.37. The highest BCUT2D eigenvalue weighted by Crippen LogP contribution is 2.28. The normalized spacial score (nSPS) is 14.5. The van der Waals surface area contributed by atoms with Crippen molar-refractivity contribution in [2.24, 2.45) is 0 Å². The zero-order chi connectivity index (χ0) is 22.4. The van der Waals surface area contributed by atoms with E-state index in [0.717, 1.165) is 68.0 Å². The van der Waals surface area contributed by atoms with E-state index in [1.807, 2.05) is 32.0 Å². The fraction of sp³-hybridized carbons (Fsp3) is 0.520. The number of carbonyl (C=O) groups is 1. The first-order valence-corrected chi connectivity index (χ1v) is 11.4. The Kier molecular flexibility index (Phi) is 7.91. The van der Waals surface area contributed by atoms with Crippen LogP contribution >= 0.6 is 0 Å². The van der Waals surface area contributed by atoms with Crippen molar-refractivity contribution in [1.29, 1.82) is 0 Å². The fourth-order valence-corrected chi connectivity index (χ4v) is 4.54. The summed E-state index contributed by atoms with van der Waals surface area (Å²) in [6.45, 7) is 10.8. The highest BCUT2D eigenvalue weighted by atomic mass is 16.5. The standard InChI is InChI=1S/C25H35N3O3/c1-5-8-19-15-17(3)27-25(30)22(19)16-26-24(29)21-9-7-10-23(18(21)4)28(6-2)20-11-13-31-14-12-20/h7,9-10,15,20H,5-6,8,11-14,16H2,1-4H3,(H,26,29)(H,27,30). The highest BCUT2D eigenvalue weighted by Gasteiger charge is 2.23. The molecular weight excluding hydrogens is 390 g/mol. The van der Waals surface area contributed by atoms with Gasteiger partial charge in [-0.25, -0.2) is 0 Å². The fourth-order valence-electron chi connectivity index (χ4n) is 4.54. The minimum absolute atomic E-state index is 0.120. The molecular formula is C25H35N3O3. The van der Waals surface area contributed by atoms with E-state index in [4.69, 9.17) is 4.74 Å². The number of nitrogens with zero attached hydrogens (tertiary/aromatic N) is 1. The zero-order valence-electron chi connectivity index (χ0n) is 19.2. The van der Waals surface area contributed by atoms with Crippen LogP contribution in [0.2, 0.25) is 0 Å². The number of rotatable bonds is 8. The first kappa shape index (κ1) is 23.1. The molecule has 168 valence electrons. The van der Waals surface area contributed by atoms with Crippen molar-refractivity contribution in [3.05, 3.63) is 62.6 Å². The minimum Gasteiger partial charge on any atom is -0.381 e. The first-order valence-electron chi connectivity index (χ1n) is 11.4. The number of aromatic nitrogens is 1. The third-order valence-electron chi connectivity index (χ3n) is 6.14. The number of anilines is 1. The van der Waals surface area contributed by atoms with Gasteiger partial charge in [0.25, 0.3) is 11.5 Å². The molecule has 1 fully saturated rings. The van der Waals surface area contributed by atoms with Crippen LogP contribution in [-0.2, 0) is 17.7 Å². The van der Waals surface area contributed by atoms with Crippen LogP contribution in [0.5, 0.6) is 0 Å². The maximum atomic E-state index is 13.1. The number of hydrogen-bond acceptors (Lipinski definition) is 4. The number of nitrogens with one attached hydrogen (secondary N) is 2. The summed E-state index contributed by atoms with van der Waals surface area (Å²) >= 11 is 0. The molecule has 0 atom stereocenters. The van der Waals surface area contributed by atoms with Crippen molar-refractivity contribution < 1.29 is 9.53 Å². The van der Waals surface area contributed by atoms with Gasteiger partial charge in [-0.1, -0.05) is 19.4 Å². The molecule has 2 N–H and O–H groups in total. The van der Waals surface area contributed by atoms with E-state index in [0.29, 0.717) is 17.2 Å².